The van der Waals surface area contributed by atoms with Gasteiger partial charge in [-0.1, -0.05) is 12.1 Å². The third kappa shape index (κ3) is 3.85. The Morgan fingerprint density at radius 3 is 2.50 bits per heavy atom. The minimum absolute atomic E-state index is 0.127. The first-order valence-electron chi connectivity index (χ1n) is 6.21. The van der Waals surface area contributed by atoms with Gasteiger partial charge in [0.25, 0.3) is 5.91 Å². The molecule has 20 heavy (non-hydrogen) atoms. The third-order valence-electron chi connectivity index (χ3n) is 2.82. The summed E-state index contributed by atoms with van der Waals surface area (Å²) in [6.45, 7) is 1.85. The molecule has 1 N–H and O–H groups in total. The summed E-state index contributed by atoms with van der Waals surface area (Å²) in [5.41, 5.74) is 1.23. The van der Waals surface area contributed by atoms with E-state index in [4.69, 9.17) is 0 Å². The number of amides is 1. The molecule has 5 heteroatoms. The molecule has 0 aliphatic rings. The van der Waals surface area contributed by atoms with Crippen LogP contribution in [-0.2, 0) is 6.42 Å². The number of carbonyl (C=O) groups excluding carboxylic acids is 1. The smallest absolute Gasteiger partial charge is 0.253 e. The summed E-state index contributed by atoms with van der Waals surface area (Å²) in [4.78, 5) is 15.3. The molecule has 2 rings (SSSR count). The van der Waals surface area contributed by atoms with Crippen LogP contribution in [0.5, 0.6) is 0 Å². The second-order valence-electron chi connectivity index (χ2n) is 4.57. The van der Waals surface area contributed by atoms with E-state index in [1.807, 2.05) is 6.92 Å². The fraction of sp³-hybridized carbons (Fsp3) is 0.200. The number of aromatic nitrogens is 1. The number of hydrogen-bond acceptors (Lipinski definition) is 2. The van der Waals surface area contributed by atoms with E-state index >= 15 is 0 Å². The SMILES string of the molecule is CC(Cc1ccc(F)cc1)NC(=O)c1ccc(F)nc1. The van der Waals surface area contributed by atoms with Crippen molar-refractivity contribution in [3.8, 4) is 0 Å². The van der Waals surface area contributed by atoms with Crippen LogP contribution in [0.3, 0.4) is 0 Å². The Morgan fingerprint density at radius 1 is 1.20 bits per heavy atom. The van der Waals surface area contributed by atoms with Gasteiger partial charge in [0.2, 0.25) is 5.95 Å². The van der Waals surface area contributed by atoms with E-state index in [0.29, 0.717) is 12.0 Å². The van der Waals surface area contributed by atoms with Crippen molar-refractivity contribution in [2.75, 3.05) is 0 Å². The zero-order chi connectivity index (χ0) is 14.5. The summed E-state index contributed by atoms with van der Waals surface area (Å²) in [5, 5.41) is 2.78. The maximum Gasteiger partial charge on any atom is 0.253 e. The molecular formula is C15H14F2N2O. The second kappa shape index (κ2) is 6.23. The minimum atomic E-state index is -0.624. The van der Waals surface area contributed by atoms with Gasteiger partial charge in [-0.05, 0) is 43.2 Å². The first-order valence-corrected chi connectivity index (χ1v) is 6.21. The largest absolute Gasteiger partial charge is 0.349 e. The van der Waals surface area contributed by atoms with Crippen LogP contribution in [0.15, 0.2) is 42.6 Å². The summed E-state index contributed by atoms with van der Waals surface area (Å²) < 4.78 is 25.4. The Balaban J connectivity index is 1.93. The monoisotopic (exact) mass is 276 g/mol. The molecule has 0 fully saturated rings. The number of nitrogens with one attached hydrogen (secondary N) is 1. The lowest BCUT2D eigenvalue weighted by Gasteiger charge is -2.14. The third-order valence-corrected chi connectivity index (χ3v) is 2.82. The van der Waals surface area contributed by atoms with Gasteiger partial charge in [0.05, 0.1) is 5.56 Å². The normalized spacial score (nSPS) is 11.9. The Kier molecular flexibility index (Phi) is 4.40. The van der Waals surface area contributed by atoms with Crippen molar-refractivity contribution >= 4 is 5.91 Å². The van der Waals surface area contributed by atoms with Gasteiger partial charge in [0, 0.05) is 12.2 Å². The van der Waals surface area contributed by atoms with E-state index in [2.05, 4.69) is 10.3 Å². The molecule has 0 saturated carbocycles. The molecule has 0 bridgehead atoms. The van der Waals surface area contributed by atoms with Gasteiger partial charge < -0.3 is 5.32 Å². The van der Waals surface area contributed by atoms with Crippen LogP contribution < -0.4 is 5.32 Å². The van der Waals surface area contributed by atoms with Crippen LogP contribution in [-0.4, -0.2) is 16.9 Å². The molecule has 2 aromatic rings. The Hall–Kier alpha value is -2.30. The maximum absolute atomic E-state index is 12.8. The highest BCUT2D eigenvalue weighted by molar-refractivity contribution is 5.93. The second-order valence-corrected chi connectivity index (χ2v) is 4.57. The van der Waals surface area contributed by atoms with Crippen molar-refractivity contribution in [2.45, 2.75) is 19.4 Å². The molecule has 1 unspecified atom stereocenters. The number of pyridine rings is 1. The van der Waals surface area contributed by atoms with Gasteiger partial charge in [-0.25, -0.2) is 9.37 Å². The highest BCUT2D eigenvalue weighted by Crippen LogP contribution is 2.06. The van der Waals surface area contributed by atoms with Gasteiger partial charge in [-0.3, -0.25) is 4.79 Å². The van der Waals surface area contributed by atoms with E-state index in [1.54, 1.807) is 12.1 Å². The first kappa shape index (κ1) is 14.1. The number of nitrogens with zero attached hydrogens (tertiary/aromatic N) is 1. The lowest BCUT2D eigenvalue weighted by Crippen LogP contribution is -2.34. The van der Waals surface area contributed by atoms with Crippen LogP contribution in [0.2, 0.25) is 0 Å². The molecule has 1 aromatic carbocycles. The summed E-state index contributed by atoms with van der Waals surface area (Å²) in [6.07, 6.45) is 1.77. The lowest BCUT2D eigenvalue weighted by atomic mass is 10.1. The average Bonchev–Trinajstić information content (AvgIpc) is 2.42. The predicted octanol–water partition coefficient (Wildman–Crippen LogP) is 2.72. The van der Waals surface area contributed by atoms with Crippen LogP contribution >= 0.6 is 0 Å². The fourth-order valence-corrected chi connectivity index (χ4v) is 1.84. The Labute approximate surface area is 115 Å². The average molecular weight is 276 g/mol. The molecule has 3 nitrogen and oxygen atoms in total. The molecular weight excluding hydrogens is 262 g/mol. The number of carbonyl (C=O) groups is 1. The number of rotatable bonds is 4. The van der Waals surface area contributed by atoms with Crippen LogP contribution in [0.1, 0.15) is 22.8 Å². The zero-order valence-corrected chi connectivity index (χ0v) is 10.9. The van der Waals surface area contributed by atoms with E-state index in [1.165, 1.54) is 24.4 Å². The van der Waals surface area contributed by atoms with Crippen molar-refractivity contribution in [1.82, 2.24) is 10.3 Å². The molecule has 0 aliphatic heterocycles. The van der Waals surface area contributed by atoms with Gasteiger partial charge in [-0.2, -0.15) is 4.39 Å². The lowest BCUT2D eigenvalue weighted by molar-refractivity contribution is 0.0939. The van der Waals surface area contributed by atoms with Crippen LogP contribution in [0.25, 0.3) is 0 Å². The quantitative estimate of drug-likeness (QED) is 0.872. The predicted molar refractivity (Wildman–Crippen MR) is 71.2 cm³/mol. The van der Waals surface area contributed by atoms with E-state index in [9.17, 15) is 13.6 Å². The van der Waals surface area contributed by atoms with Crippen LogP contribution in [0.4, 0.5) is 8.78 Å². The van der Waals surface area contributed by atoms with Crippen molar-refractivity contribution in [2.24, 2.45) is 0 Å². The van der Waals surface area contributed by atoms with Gasteiger partial charge in [0.15, 0.2) is 0 Å². The maximum atomic E-state index is 12.8. The van der Waals surface area contributed by atoms with Crippen molar-refractivity contribution < 1.29 is 13.6 Å². The van der Waals surface area contributed by atoms with Gasteiger partial charge >= 0.3 is 0 Å². The molecule has 0 saturated heterocycles. The molecule has 1 amide bonds. The van der Waals surface area contributed by atoms with E-state index < -0.39 is 5.95 Å². The molecule has 1 aromatic heterocycles. The fourth-order valence-electron chi connectivity index (χ4n) is 1.84. The molecule has 0 spiro atoms. The molecule has 1 heterocycles. The number of halogens is 2. The van der Waals surface area contributed by atoms with Crippen LogP contribution in [0, 0.1) is 11.8 Å². The summed E-state index contributed by atoms with van der Waals surface area (Å²) in [6, 6.07) is 8.51. The molecule has 0 aliphatic carbocycles. The van der Waals surface area contributed by atoms with Gasteiger partial charge in [0.1, 0.15) is 5.82 Å². The molecule has 1 atom stereocenters. The number of benzene rings is 1. The topological polar surface area (TPSA) is 42.0 Å². The first-order chi connectivity index (χ1) is 9.54. The Bertz CT molecular complexity index is 582. The summed E-state index contributed by atoms with van der Waals surface area (Å²) >= 11 is 0. The summed E-state index contributed by atoms with van der Waals surface area (Å²) in [5.74, 6) is -1.23. The summed E-state index contributed by atoms with van der Waals surface area (Å²) in [7, 11) is 0. The van der Waals surface area contributed by atoms with E-state index in [0.717, 1.165) is 11.6 Å². The standard InChI is InChI=1S/C15H14F2N2O/c1-10(8-11-2-5-13(16)6-3-11)19-15(20)12-4-7-14(17)18-9-12/h2-7,9-10H,8H2,1H3,(H,19,20). The van der Waals surface area contributed by atoms with E-state index in [-0.39, 0.29) is 17.8 Å². The molecule has 0 radical (unpaired) electrons. The van der Waals surface area contributed by atoms with Gasteiger partial charge in [-0.15, -0.1) is 0 Å². The minimum Gasteiger partial charge on any atom is -0.349 e. The highest BCUT2D eigenvalue weighted by Gasteiger charge is 2.11. The van der Waals surface area contributed by atoms with Crippen molar-refractivity contribution in [3.05, 3.63) is 65.5 Å². The van der Waals surface area contributed by atoms with Crippen molar-refractivity contribution in [3.63, 3.8) is 0 Å². The number of hydrogen-bond donors (Lipinski definition) is 1. The highest BCUT2D eigenvalue weighted by atomic mass is 19.1. The Morgan fingerprint density at radius 2 is 1.90 bits per heavy atom. The zero-order valence-electron chi connectivity index (χ0n) is 10.9. The molecule has 104 valence electrons. The van der Waals surface area contributed by atoms with Crippen molar-refractivity contribution in [1.29, 1.82) is 0 Å².